The van der Waals surface area contributed by atoms with Gasteiger partial charge in [0.25, 0.3) is 0 Å². The fraction of sp³-hybridized carbons (Fsp3) is 0.611. The van der Waals surface area contributed by atoms with Gasteiger partial charge in [0.1, 0.15) is 17.2 Å². The number of carbonyl (C=O) groups excluding carboxylic acids is 1. The molecule has 276 valence electrons. The summed E-state index contributed by atoms with van der Waals surface area (Å²) in [6.07, 6.45) is 3.72. The number of carboxylic acid groups (broad SMARTS) is 1. The first-order valence-corrected chi connectivity index (χ1v) is 18.0. The van der Waals surface area contributed by atoms with Gasteiger partial charge in [0, 0.05) is 61.4 Å². The van der Waals surface area contributed by atoms with Crippen LogP contribution in [0.4, 0.5) is 18.4 Å². The third kappa shape index (κ3) is 10.4. The highest BCUT2D eigenvalue weighted by atomic mass is 35.5. The number of ether oxygens (including phenoxy) is 3. The van der Waals surface area contributed by atoms with E-state index < -0.39 is 11.7 Å². The summed E-state index contributed by atoms with van der Waals surface area (Å²) in [5.74, 6) is -0.671. The lowest BCUT2D eigenvalue weighted by Gasteiger charge is -2.39. The number of hydrogen-bond donors (Lipinski definition) is 3. The Morgan fingerprint density at radius 1 is 0.820 bits per heavy atom. The van der Waals surface area contributed by atoms with Crippen molar-refractivity contribution in [2.75, 3.05) is 39.4 Å². The van der Waals surface area contributed by atoms with E-state index in [1.54, 1.807) is 17.0 Å². The molecule has 50 heavy (non-hydrogen) atoms. The molecule has 2 atom stereocenters. The molecule has 0 bridgehead atoms. The minimum absolute atomic E-state index is 0.178. The maximum absolute atomic E-state index is 13.1. The first-order valence-electron chi connectivity index (χ1n) is 17.2. The van der Waals surface area contributed by atoms with Crippen LogP contribution in [-0.4, -0.2) is 95.4 Å². The molecule has 2 unspecified atom stereocenters. The number of likely N-dealkylation sites (tertiary alicyclic amines) is 2. The molecule has 2 aromatic rings. The zero-order valence-electron chi connectivity index (χ0n) is 28.9. The second-order valence-corrected chi connectivity index (χ2v) is 15.6. The number of amides is 2. The van der Waals surface area contributed by atoms with Crippen molar-refractivity contribution in [2.45, 2.75) is 101 Å². The van der Waals surface area contributed by atoms with Gasteiger partial charge in [-0.2, -0.15) is 0 Å². The maximum atomic E-state index is 13.1. The van der Waals surface area contributed by atoms with Crippen molar-refractivity contribution in [3.05, 3.63) is 69.2 Å². The Hall–Kier alpha value is -2.74. The van der Waals surface area contributed by atoms with Crippen molar-refractivity contribution in [1.29, 1.82) is 0 Å². The summed E-state index contributed by atoms with van der Waals surface area (Å²) in [6.45, 7) is 10.3. The standard InChI is InChI=1S/C20H28ClFN2O3.C16H20ClFN2O3/c1-19(2,3)27-18(25)24-8-6-20(7-9-24)11-16(13-26-20)23-12-14-4-5-15(22)10-17(14)21;17-14-7-12(18)2-1-11(14)9-19-13-8-16(23-10-13)3-5-20(6-4-16)15(21)22/h4-5,10,16,23H,6-9,11-13H2,1-3H3;1-2,7,13,19H,3-6,8-10H2,(H,21,22). The lowest BCUT2D eigenvalue weighted by atomic mass is 9.87. The number of piperidine rings is 2. The molecule has 0 saturated carbocycles. The molecular weight excluding hydrogens is 693 g/mol. The molecule has 6 rings (SSSR count). The molecule has 0 aromatic heterocycles. The van der Waals surface area contributed by atoms with E-state index in [1.165, 1.54) is 29.2 Å². The Balaban J connectivity index is 0.000000197. The second kappa shape index (κ2) is 16.3. The number of carbonyl (C=O) groups is 2. The maximum Gasteiger partial charge on any atom is 0.410 e. The van der Waals surface area contributed by atoms with E-state index in [0.717, 1.165) is 49.7 Å². The Bertz CT molecular complexity index is 1500. The van der Waals surface area contributed by atoms with E-state index >= 15 is 0 Å². The van der Waals surface area contributed by atoms with Gasteiger partial charge in [0.05, 0.1) is 24.4 Å². The zero-order chi connectivity index (χ0) is 36.1. The van der Waals surface area contributed by atoms with Crippen LogP contribution in [0.2, 0.25) is 10.0 Å². The largest absolute Gasteiger partial charge is 0.465 e. The third-order valence-corrected chi connectivity index (χ3v) is 10.6. The minimum Gasteiger partial charge on any atom is -0.465 e. The summed E-state index contributed by atoms with van der Waals surface area (Å²) in [4.78, 5) is 26.4. The van der Waals surface area contributed by atoms with E-state index in [1.807, 2.05) is 20.8 Å². The predicted octanol–water partition coefficient (Wildman–Crippen LogP) is 7.00. The Labute approximate surface area is 302 Å². The van der Waals surface area contributed by atoms with Crippen LogP contribution in [0, 0.1) is 11.6 Å². The lowest BCUT2D eigenvalue weighted by molar-refractivity contribution is -0.0486. The number of hydrogen-bond acceptors (Lipinski definition) is 7. The Morgan fingerprint density at radius 2 is 1.24 bits per heavy atom. The van der Waals surface area contributed by atoms with Crippen molar-refractivity contribution in [3.8, 4) is 0 Å². The number of benzene rings is 2. The van der Waals surface area contributed by atoms with Gasteiger partial charge in [-0.15, -0.1) is 0 Å². The number of rotatable bonds is 6. The SMILES string of the molecule is CC(C)(C)OC(=O)N1CCC2(CC1)CC(NCc1ccc(F)cc1Cl)CO2.O=C(O)N1CCC2(CC1)CC(NCc1ccc(F)cc1Cl)CO2. The highest BCUT2D eigenvalue weighted by Gasteiger charge is 2.45. The van der Waals surface area contributed by atoms with Crippen molar-refractivity contribution in [1.82, 2.24) is 20.4 Å². The minimum atomic E-state index is -0.863. The summed E-state index contributed by atoms with van der Waals surface area (Å²) in [5, 5.41) is 16.7. The summed E-state index contributed by atoms with van der Waals surface area (Å²) in [7, 11) is 0. The fourth-order valence-electron chi connectivity index (χ4n) is 7.02. The Kier molecular flexibility index (Phi) is 12.5. The topological polar surface area (TPSA) is 113 Å². The normalized spacial score (nSPS) is 22.8. The highest BCUT2D eigenvalue weighted by Crippen LogP contribution is 2.37. The monoisotopic (exact) mass is 740 g/mol. The predicted molar refractivity (Wildman–Crippen MR) is 187 cm³/mol. The van der Waals surface area contributed by atoms with Crippen molar-refractivity contribution in [3.63, 3.8) is 0 Å². The summed E-state index contributed by atoms with van der Waals surface area (Å²) >= 11 is 12.1. The van der Waals surface area contributed by atoms with Crippen LogP contribution in [0.1, 0.15) is 70.4 Å². The van der Waals surface area contributed by atoms with Gasteiger partial charge in [-0.1, -0.05) is 35.3 Å². The van der Waals surface area contributed by atoms with Gasteiger partial charge in [0.2, 0.25) is 0 Å². The average Bonchev–Trinajstić information content (AvgIpc) is 3.64. The van der Waals surface area contributed by atoms with Gasteiger partial charge in [-0.05, 0) is 94.7 Å². The summed E-state index contributed by atoms with van der Waals surface area (Å²) < 4.78 is 43.8. The smallest absolute Gasteiger partial charge is 0.410 e. The van der Waals surface area contributed by atoms with E-state index in [2.05, 4.69) is 10.6 Å². The molecule has 4 saturated heterocycles. The van der Waals surface area contributed by atoms with Crippen LogP contribution in [0.25, 0.3) is 0 Å². The molecule has 4 heterocycles. The van der Waals surface area contributed by atoms with Crippen molar-refractivity contribution < 1.29 is 37.7 Å². The molecule has 2 aromatic carbocycles. The van der Waals surface area contributed by atoms with Gasteiger partial charge < -0.3 is 39.8 Å². The van der Waals surface area contributed by atoms with E-state index in [0.29, 0.717) is 62.5 Å². The number of nitrogens with one attached hydrogen (secondary N) is 2. The van der Waals surface area contributed by atoms with Crippen LogP contribution in [-0.2, 0) is 27.3 Å². The van der Waals surface area contributed by atoms with Crippen molar-refractivity contribution >= 4 is 35.4 Å². The van der Waals surface area contributed by atoms with Gasteiger partial charge in [-0.3, -0.25) is 0 Å². The summed E-state index contributed by atoms with van der Waals surface area (Å²) in [5.41, 5.74) is 0.861. The molecule has 4 aliphatic rings. The van der Waals surface area contributed by atoms with Crippen LogP contribution in [0.15, 0.2) is 36.4 Å². The lowest BCUT2D eigenvalue weighted by Crippen LogP contribution is -2.48. The van der Waals surface area contributed by atoms with E-state index in [9.17, 15) is 18.4 Å². The van der Waals surface area contributed by atoms with Gasteiger partial charge in [0.15, 0.2) is 0 Å². The van der Waals surface area contributed by atoms with E-state index in [4.69, 9.17) is 42.5 Å². The molecule has 2 amide bonds. The number of halogens is 4. The molecule has 4 fully saturated rings. The quantitative estimate of drug-likeness (QED) is 0.291. The highest BCUT2D eigenvalue weighted by molar-refractivity contribution is 6.31. The van der Waals surface area contributed by atoms with Crippen LogP contribution >= 0.6 is 23.2 Å². The first kappa shape index (κ1) is 38.5. The van der Waals surface area contributed by atoms with Crippen LogP contribution < -0.4 is 10.6 Å². The number of nitrogens with zero attached hydrogens (tertiary/aromatic N) is 2. The average molecular weight is 742 g/mol. The second-order valence-electron chi connectivity index (χ2n) is 14.8. The molecular formula is C36H48Cl2F2N4O6. The molecule has 0 radical (unpaired) electrons. The fourth-order valence-corrected chi connectivity index (χ4v) is 7.48. The van der Waals surface area contributed by atoms with Crippen LogP contribution in [0.5, 0.6) is 0 Å². The first-order chi connectivity index (χ1) is 23.6. The Morgan fingerprint density at radius 3 is 1.62 bits per heavy atom. The molecule has 10 nitrogen and oxygen atoms in total. The third-order valence-electron chi connectivity index (χ3n) is 9.88. The molecule has 14 heteroatoms. The van der Waals surface area contributed by atoms with Gasteiger partial charge >= 0.3 is 12.2 Å². The van der Waals surface area contributed by atoms with Gasteiger partial charge in [-0.25, -0.2) is 18.4 Å². The van der Waals surface area contributed by atoms with Crippen LogP contribution in [0.3, 0.4) is 0 Å². The van der Waals surface area contributed by atoms with E-state index in [-0.39, 0.29) is 41.0 Å². The molecule has 2 spiro atoms. The van der Waals surface area contributed by atoms with Crippen molar-refractivity contribution in [2.24, 2.45) is 0 Å². The molecule has 0 aliphatic carbocycles. The zero-order valence-corrected chi connectivity index (χ0v) is 30.4. The summed E-state index contributed by atoms with van der Waals surface area (Å²) in [6, 6.07) is 9.27. The molecule has 3 N–H and O–H groups in total. The molecule has 4 aliphatic heterocycles.